The maximum atomic E-state index is 10.9. The molecule has 4 heteroatoms. The Hall–Kier alpha value is -1.42. The molecule has 1 heterocycles. The molecule has 0 bridgehead atoms. The topological polar surface area (TPSA) is 39.4 Å². The van der Waals surface area contributed by atoms with Crippen LogP contribution in [0.1, 0.15) is 0 Å². The van der Waals surface area contributed by atoms with Crippen LogP contribution in [0.25, 0.3) is 11.0 Å². The van der Waals surface area contributed by atoms with Gasteiger partial charge in [-0.1, -0.05) is 0 Å². The molecule has 2 rings (SSSR count). The molecule has 2 aromatic rings. The van der Waals surface area contributed by atoms with Crippen molar-refractivity contribution in [2.24, 2.45) is 0 Å². The first-order chi connectivity index (χ1) is 6.29. The van der Waals surface area contributed by atoms with E-state index in [2.05, 4.69) is 12.9 Å². The van der Waals surface area contributed by atoms with E-state index < -0.39 is 0 Å². The Labute approximate surface area is 79.6 Å². The molecule has 0 aliphatic rings. The van der Waals surface area contributed by atoms with E-state index in [-0.39, 0.29) is 5.63 Å². The Kier molecular flexibility index (Phi) is 1.98. The predicted molar refractivity (Wildman–Crippen MR) is 52.1 cm³/mol. The summed E-state index contributed by atoms with van der Waals surface area (Å²) in [5.74, 6) is 0.546. The molecule has 13 heavy (non-hydrogen) atoms. The van der Waals surface area contributed by atoms with Crippen molar-refractivity contribution in [1.82, 2.24) is 0 Å². The van der Waals surface area contributed by atoms with E-state index >= 15 is 0 Å². The van der Waals surface area contributed by atoms with Crippen LogP contribution in [-0.4, -0.2) is 0 Å². The van der Waals surface area contributed by atoms with Gasteiger partial charge in [-0.25, -0.2) is 4.79 Å². The largest absolute Gasteiger partial charge is 0.429 e. The van der Waals surface area contributed by atoms with Gasteiger partial charge in [-0.3, -0.25) is 0 Å². The fourth-order valence-electron chi connectivity index (χ4n) is 1.10. The molecule has 0 atom stereocenters. The van der Waals surface area contributed by atoms with Crippen molar-refractivity contribution >= 4 is 23.9 Å². The van der Waals surface area contributed by atoms with Crippen LogP contribution in [0, 0.1) is 0 Å². The quantitative estimate of drug-likeness (QED) is 0.429. The molecule has 0 amide bonds. The second-order valence-corrected chi connectivity index (χ2v) is 2.73. The number of rotatable bonds is 1. The number of benzene rings is 1. The lowest BCUT2D eigenvalue weighted by Crippen LogP contribution is -1.93. The zero-order valence-electron chi connectivity index (χ0n) is 6.56. The van der Waals surface area contributed by atoms with Gasteiger partial charge in [-0.05, 0) is 18.2 Å². The lowest BCUT2D eigenvalue weighted by atomic mass is 10.2. The first-order valence-corrected chi connectivity index (χ1v) is 4.01. The van der Waals surface area contributed by atoms with Crippen LogP contribution in [0.3, 0.4) is 0 Å². The van der Waals surface area contributed by atoms with E-state index in [1.54, 1.807) is 24.3 Å². The van der Waals surface area contributed by atoms with E-state index in [4.69, 9.17) is 8.60 Å². The van der Waals surface area contributed by atoms with Crippen LogP contribution in [-0.2, 0) is 0 Å². The van der Waals surface area contributed by atoms with E-state index in [0.717, 1.165) is 5.39 Å². The van der Waals surface area contributed by atoms with Gasteiger partial charge in [0.15, 0.2) is 0 Å². The Balaban J connectivity index is 2.75. The predicted octanol–water partition coefficient (Wildman–Crippen LogP) is 2.02. The fraction of sp³-hybridized carbons (Fsp3) is 0. The molecule has 0 saturated heterocycles. The van der Waals surface area contributed by atoms with Gasteiger partial charge in [0, 0.05) is 30.4 Å². The van der Waals surface area contributed by atoms with E-state index in [9.17, 15) is 4.79 Å². The Morgan fingerprint density at radius 2 is 2.00 bits per heavy atom. The third-order valence-electron chi connectivity index (χ3n) is 1.70. The molecule has 1 aromatic heterocycles. The highest BCUT2D eigenvalue weighted by Crippen LogP contribution is 2.19. The summed E-state index contributed by atoms with van der Waals surface area (Å²) in [7, 11) is 0. The van der Waals surface area contributed by atoms with Gasteiger partial charge in [-0.15, -0.1) is 0 Å². The van der Waals surface area contributed by atoms with Gasteiger partial charge >= 0.3 is 5.63 Å². The highest BCUT2D eigenvalue weighted by atomic mass is 32.1. The normalized spacial score (nSPS) is 10.2. The molecule has 0 unspecified atom stereocenters. The van der Waals surface area contributed by atoms with Crippen LogP contribution < -0.4 is 9.81 Å². The molecule has 0 N–H and O–H groups in total. The van der Waals surface area contributed by atoms with Gasteiger partial charge in [0.05, 0.1) is 0 Å². The Bertz CT molecular complexity index is 489. The third kappa shape index (κ3) is 1.53. The molecule has 0 spiro atoms. The van der Waals surface area contributed by atoms with Crippen molar-refractivity contribution in [3.63, 3.8) is 0 Å². The molecule has 0 saturated carbocycles. The Morgan fingerprint density at radius 1 is 1.23 bits per heavy atom. The summed E-state index contributed by atoms with van der Waals surface area (Å²) in [6.45, 7) is 0. The summed E-state index contributed by atoms with van der Waals surface area (Å²) in [6.07, 6.45) is 0. The van der Waals surface area contributed by atoms with Crippen molar-refractivity contribution in [3.05, 3.63) is 40.8 Å². The molecule has 1 aromatic carbocycles. The van der Waals surface area contributed by atoms with Crippen LogP contribution in [0.5, 0.6) is 5.75 Å². The van der Waals surface area contributed by atoms with Crippen molar-refractivity contribution in [2.75, 3.05) is 0 Å². The van der Waals surface area contributed by atoms with Gasteiger partial charge < -0.3 is 8.60 Å². The maximum Gasteiger partial charge on any atom is 0.336 e. The minimum Gasteiger partial charge on any atom is -0.429 e. The summed E-state index contributed by atoms with van der Waals surface area (Å²) < 4.78 is 9.63. The summed E-state index contributed by atoms with van der Waals surface area (Å²) >= 11 is 3.64. The van der Waals surface area contributed by atoms with Gasteiger partial charge in [0.2, 0.25) is 0 Å². The standard InChI is InChI=1S/C9H6O3S/c10-9-4-2-6-1-3-7(12-13)5-8(6)11-9/h1-5,13H. The van der Waals surface area contributed by atoms with Crippen molar-refractivity contribution in [2.45, 2.75) is 0 Å². The summed E-state index contributed by atoms with van der Waals surface area (Å²) in [4.78, 5) is 10.9. The first-order valence-electron chi connectivity index (χ1n) is 3.65. The highest BCUT2D eigenvalue weighted by Gasteiger charge is 1.98. The highest BCUT2D eigenvalue weighted by molar-refractivity contribution is 7.75. The van der Waals surface area contributed by atoms with Gasteiger partial charge in [-0.2, -0.15) is 0 Å². The third-order valence-corrected chi connectivity index (χ3v) is 1.91. The van der Waals surface area contributed by atoms with Crippen molar-refractivity contribution in [3.8, 4) is 5.75 Å². The zero-order chi connectivity index (χ0) is 9.26. The fourth-order valence-corrected chi connectivity index (χ4v) is 1.21. The smallest absolute Gasteiger partial charge is 0.336 e. The number of hydrogen-bond acceptors (Lipinski definition) is 4. The second-order valence-electron chi connectivity index (χ2n) is 2.55. The monoisotopic (exact) mass is 194 g/mol. The van der Waals surface area contributed by atoms with E-state index in [1.165, 1.54) is 6.07 Å². The number of hydrogen-bond donors (Lipinski definition) is 1. The summed E-state index contributed by atoms with van der Waals surface area (Å²) in [5.41, 5.74) is 0.128. The average Bonchev–Trinajstić information content (AvgIpc) is 2.16. The summed E-state index contributed by atoms with van der Waals surface area (Å²) in [6, 6.07) is 8.23. The van der Waals surface area contributed by atoms with Crippen molar-refractivity contribution < 1.29 is 8.60 Å². The van der Waals surface area contributed by atoms with Crippen LogP contribution in [0.4, 0.5) is 0 Å². The average molecular weight is 194 g/mol. The molecule has 66 valence electrons. The molecule has 0 fully saturated rings. The lowest BCUT2D eigenvalue weighted by molar-refractivity contribution is 0.558. The number of thiol groups is 1. The van der Waals surface area contributed by atoms with Crippen molar-refractivity contribution in [1.29, 1.82) is 0 Å². The molecule has 3 nitrogen and oxygen atoms in total. The van der Waals surface area contributed by atoms with Crippen LogP contribution in [0.15, 0.2) is 39.5 Å². The maximum absolute atomic E-state index is 10.9. The molecular formula is C9H6O3S. The first kappa shape index (κ1) is 8.19. The lowest BCUT2D eigenvalue weighted by Gasteiger charge is -1.98. The Morgan fingerprint density at radius 3 is 2.77 bits per heavy atom. The molecule has 0 aliphatic carbocycles. The van der Waals surface area contributed by atoms with E-state index in [1.807, 2.05) is 0 Å². The minimum absolute atomic E-state index is 0.371. The molecular weight excluding hydrogens is 188 g/mol. The van der Waals surface area contributed by atoms with Gasteiger partial charge in [0.1, 0.15) is 11.3 Å². The molecule has 0 radical (unpaired) electrons. The van der Waals surface area contributed by atoms with Gasteiger partial charge in [0.25, 0.3) is 0 Å². The molecule has 0 aliphatic heterocycles. The number of fused-ring (bicyclic) bond motifs is 1. The van der Waals surface area contributed by atoms with E-state index in [0.29, 0.717) is 11.3 Å². The zero-order valence-corrected chi connectivity index (χ0v) is 7.45. The summed E-state index contributed by atoms with van der Waals surface area (Å²) in [5, 5.41) is 0.855. The second kappa shape index (κ2) is 3.14. The minimum atomic E-state index is -0.371. The van der Waals surface area contributed by atoms with Crippen LogP contribution in [0.2, 0.25) is 0 Å². The van der Waals surface area contributed by atoms with Crippen LogP contribution >= 0.6 is 12.9 Å². The SMILES string of the molecule is O=c1ccc2ccc(OS)cc2o1.